The first-order valence-electron chi connectivity index (χ1n) is 5.69. The van der Waals surface area contributed by atoms with Crippen molar-refractivity contribution in [3.63, 3.8) is 0 Å². The lowest BCUT2D eigenvalue weighted by Crippen LogP contribution is -2.05. The molecule has 0 bridgehead atoms. The standard InChI is InChI=1S/C13H16BrN3/c1-3-17-9-15-7-12(17)8-16-11-5-4-10(2)13(14)6-11/h4-7,9,16H,3,8H2,1-2H3. The number of nitrogens with one attached hydrogen (secondary N) is 1. The highest BCUT2D eigenvalue weighted by molar-refractivity contribution is 9.10. The molecule has 0 aliphatic rings. The summed E-state index contributed by atoms with van der Waals surface area (Å²) >= 11 is 3.54. The van der Waals surface area contributed by atoms with Crippen LogP contribution in [-0.2, 0) is 13.1 Å². The molecule has 1 aromatic heterocycles. The second-order valence-electron chi connectivity index (χ2n) is 3.99. The van der Waals surface area contributed by atoms with Gasteiger partial charge >= 0.3 is 0 Å². The van der Waals surface area contributed by atoms with Crippen LogP contribution in [0.3, 0.4) is 0 Å². The number of imidazole rings is 1. The Morgan fingerprint density at radius 2 is 2.24 bits per heavy atom. The van der Waals surface area contributed by atoms with Crippen molar-refractivity contribution in [2.75, 3.05) is 5.32 Å². The first kappa shape index (κ1) is 12.2. The Balaban J connectivity index is 2.05. The lowest BCUT2D eigenvalue weighted by molar-refractivity contribution is 0.719. The molecule has 0 saturated carbocycles. The van der Waals surface area contributed by atoms with Gasteiger partial charge in [0.05, 0.1) is 18.6 Å². The quantitative estimate of drug-likeness (QED) is 0.934. The number of aryl methyl sites for hydroxylation is 2. The largest absolute Gasteiger partial charge is 0.379 e. The van der Waals surface area contributed by atoms with Gasteiger partial charge in [0.15, 0.2) is 0 Å². The van der Waals surface area contributed by atoms with Crippen molar-refractivity contribution in [2.24, 2.45) is 0 Å². The van der Waals surface area contributed by atoms with Gasteiger partial charge in [0.25, 0.3) is 0 Å². The fourth-order valence-corrected chi connectivity index (χ4v) is 2.05. The van der Waals surface area contributed by atoms with Crippen LogP contribution in [0.15, 0.2) is 35.2 Å². The van der Waals surface area contributed by atoms with Gasteiger partial charge in [-0.2, -0.15) is 0 Å². The van der Waals surface area contributed by atoms with Gasteiger partial charge in [-0.25, -0.2) is 4.98 Å². The number of hydrogen-bond donors (Lipinski definition) is 1. The highest BCUT2D eigenvalue weighted by Crippen LogP contribution is 2.21. The van der Waals surface area contributed by atoms with Crippen LogP contribution in [0.25, 0.3) is 0 Å². The molecule has 3 nitrogen and oxygen atoms in total. The van der Waals surface area contributed by atoms with E-state index in [1.54, 1.807) is 0 Å². The van der Waals surface area contributed by atoms with E-state index in [1.807, 2.05) is 12.5 Å². The van der Waals surface area contributed by atoms with Crippen molar-refractivity contribution >= 4 is 21.6 Å². The average molecular weight is 294 g/mol. The number of aromatic nitrogens is 2. The molecule has 17 heavy (non-hydrogen) atoms. The van der Waals surface area contributed by atoms with Gasteiger partial charge in [0.1, 0.15) is 0 Å². The number of rotatable bonds is 4. The van der Waals surface area contributed by atoms with Crippen LogP contribution in [0.5, 0.6) is 0 Å². The van der Waals surface area contributed by atoms with Gasteiger partial charge < -0.3 is 9.88 Å². The fraction of sp³-hybridized carbons (Fsp3) is 0.308. The van der Waals surface area contributed by atoms with Crippen molar-refractivity contribution in [2.45, 2.75) is 26.9 Å². The van der Waals surface area contributed by atoms with E-state index in [9.17, 15) is 0 Å². The van der Waals surface area contributed by atoms with Gasteiger partial charge in [-0.3, -0.25) is 0 Å². The van der Waals surface area contributed by atoms with Crippen LogP contribution in [-0.4, -0.2) is 9.55 Å². The van der Waals surface area contributed by atoms with Gasteiger partial charge in [-0.1, -0.05) is 22.0 Å². The molecule has 1 aromatic carbocycles. The molecule has 90 valence electrons. The van der Waals surface area contributed by atoms with Crippen molar-refractivity contribution in [3.8, 4) is 0 Å². The summed E-state index contributed by atoms with van der Waals surface area (Å²) in [5.74, 6) is 0. The zero-order chi connectivity index (χ0) is 12.3. The SMILES string of the molecule is CCn1cncc1CNc1ccc(C)c(Br)c1. The molecule has 0 aliphatic heterocycles. The molecular weight excluding hydrogens is 278 g/mol. The average Bonchev–Trinajstić information content (AvgIpc) is 2.78. The maximum absolute atomic E-state index is 4.15. The number of anilines is 1. The van der Waals surface area contributed by atoms with Crippen LogP contribution >= 0.6 is 15.9 Å². The van der Waals surface area contributed by atoms with Crippen molar-refractivity contribution in [1.29, 1.82) is 0 Å². The lowest BCUT2D eigenvalue weighted by Gasteiger charge is -2.09. The number of benzene rings is 1. The Bertz CT molecular complexity index is 505. The third-order valence-electron chi connectivity index (χ3n) is 2.78. The van der Waals surface area contributed by atoms with Crippen LogP contribution in [0.4, 0.5) is 5.69 Å². The van der Waals surface area contributed by atoms with Gasteiger partial charge in [0.2, 0.25) is 0 Å². The van der Waals surface area contributed by atoms with E-state index in [-0.39, 0.29) is 0 Å². The summed E-state index contributed by atoms with van der Waals surface area (Å²) in [7, 11) is 0. The molecular formula is C13H16BrN3. The minimum Gasteiger partial charge on any atom is -0.379 e. The lowest BCUT2D eigenvalue weighted by atomic mass is 10.2. The molecule has 4 heteroatoms. The van der Waals surface area contributed by atoms with Crippen LogP contribution in [0, 0.1) is 6.92 Å². The molecule has 0 aliphatic carbocycles. The van der Waals surface area contributed by atoms with Crippen LogP contribution in [0.2, 0.25) is 0 Å². The van der Waals surface area contributed by atoms with E-state index >= 15 is 0 Å². The molecule has 0 spiro atoms. The Kier molecular flexibility index (Phi) is 3.84. The van der Waals surface area contributed by atoms with Crippen molar-refractivity contribution in [3.05, 3.63) is 46.5 Å². The molecule has 1 heterocycles. The summed E-state index contributed by atoms with van der Waals surface area (Å²) in [4.78, 5) is 4.15. The minimum atomic E-state index is 0.795. The molecule has 0 saturated heterocycles. The topological polar surface area (TPSA) is 29.9 Å². The Labute approximate surface area is 110 Å². The number of halogens is 1. The molecule has 0 fully saturated rings. The van der Waals surface area contributed by atoms with E-state index < -0.39 is 0 Å². The monoisotopic (exact) mass is 293 g/mol. The second-order valence-corrected chi connectivity index (χ2v) is 4.84. The van der Waals surface area contributed by atoms with Crippen LogP contribution < -0.4 is 5.32 Å². The van der Waals surface area contributed by atoms with Gasteiger partial charge in [-0.15, -0.1) is 0 Å². The minimum absolute atomic E-state index is 0.795. The predicted octanol–water partition coefficient (Wildman–Crippen LogP) is 3.59. The third-order valence-corrected chi connectivity index (χ3v) is 3.64. The van der Waals surface area contributed by atoms with E-state index in [1.165, 1.54) is 11.3 Å². The molecule has 0 unspecified atom stereocenters. The Morgan fingerprint density at radius 1 is 1.41 bits per heavy atom. The van der Waals surface area contributed by atoms with Crippen molar-refractivity contribution in [1.82, 2.24) is 9.55 Å². The normalized spacial score (nSPS) is 10.5. The number of nitrogens with zero attached hydrogens (tertiary/aromatic N) is 2. The van der Waals surface area contributed by atoms with Crippen molar-refractivity contribution < 1.29 is 0 Å². The maximum atomic E-state index is 4.15. The second kappa shape index (κ2) is 5.36. The summed E-state index contributed by atoms with van der Waals surface area (Å²) in [6.07, 6.45) is 3.77. The molecule has 0 atom stereocenters. The van der Waals surface area contributed by atoms with E-state index in [0.29, 0.717) is 0 Å². The Hall–Kier alpha value is -1.29. The number of hydrogen-bond acceptors (Lipinski definition) is 2. The zero-order valence-electron chi connectivity index (χ0n) is 10.1. The van der Waals surface area contributed by atoms with E-state index in [2.05, 4.69) is 62.8 Å². The molecule has 1 N–H and O–H groups in total. The summed E-state index contributed by atoms with van der Waals surface area (Å²) in [5.41, 5.74) is 3.56. The zero-order valence-corrected chi connectivity index (χ0v) is 11.7. The highest BCUT2D eigenvalue weighted by atomic mass is 79.9. The van der Waals surface area contributed by atoms with E-state index in [4.69, 9.17) is 0 Å². The van der Waals surface area contributed by atoms with Gasteiger partial charge in [0, 0.05) is 22.9 Å². The maximum Gasteiger partial charge on any atom is 0.0948 e. The first-order valence-corrected chi connectivity index (χ1v) is 6.49. The summed E-state index contributed by atoms with van der Waals surface area (Å²) in [5, 5.41) is 3.40. The van der Waals surface area contributed by atoms with Crippen LogP contribution in [0.1, 0.15) is 18.2 Å². The highest BCUT2D eigenvalue weighted by Gasteiger charge is 2.01. The van der Waals surface area contributed by atoms with Gasteiger partial charge in [-0.05, 0) is 31.5 Å². The molecule has 0 radical (unpaired) electrons. The summed E-state index contributed by atoms with van der Waals surface area (Å²) in [6, 6.07) is 6.29. The fourth-order valence-electron chi connectivity index (χ4n) is 1.68. The predicted molar refractivity (Wildman–Crippen MR) is 74.1 cm³/mol. The first-order chi connectivity index (χ1) is 8.20. The smallest absolute Gasteiger partial charge is 0.0948 e. The molecule has 0 amide bonds. The van der Waals surface area contributed by atoms with E-state index in [0.717, 1.165) is 23.2 Å². The Morgan fingerprint density at radius 3 is 2.94 bits per heavy atom. The summed E-state index contributed by atoms with van der Waals surface area (Å²) < 4.78 is 3.27. The molecule has 2 rings (SSSR count). The third kappa shape index (κ3) is 2.88. The summed E-state index contributed by atoms with van der Waals surface area (Å²) in [6.45, 7) is 5.95. The molecule has 2 aromatic rings.